The van der Waals surface area contributed by atoms with Crippen molar-refractivity contribution in [2.45, 2.75) is 26.3 Å². The summed E-state index contributed by atoms with van der Waals surface area (Å²) in [4.78, 5) is 19.2. The van der Waals surface area contributed by atoms with Crippen molar-refractivity contribution in [2.75, 3.05) is 31.1 Å². The van der Waals surface area contributed by atoms with Crippen LogP contribution in [0.3, 0.4) is 0 Å². The van der Waals surface area contributed by atoms with Gasteiger partial charge in [0.25, 0.3) is 0 Å². The van der Waals surface area contributed by atoms with E-state index in [1.54, 1.807) is 0 Å². The summed E-state index contributed by atoms with van der Waals surface area (Å²) < 4.78 is 0. The van der Waals surface area contributed by atoms with Crippen molar-refractivity contribution < 1.29 is 4.92 Å². The van der Waals surface area contributed by atoms with Gasteiger partial charge in [0.1, 0.15) is 5.15 Å². The second-order valence-corrected chi connectivity index (χ2v) is 5.40. The van der Waals surface area contributed by atoms with Gasteiger partial charge in [-0.3, -0.25) is 15.0 Å². The SMILES string of the molecule is CCC(C)N1CCN(c2nc(Cl)ccc2[N+](=O)[O-])CC1. The zero-order chi connectivity index (χ0) is 14.7. The lowest BCUT2D eigenvalue weighted by Crippen LogP contribution is -2.49. The maximum Gasteiger partial charge on any atom is 0.311 e. The highest BCUT2D eigenvalue weighted by Gasteiger charge is 2.26. The molecule has 6 nitrogen and oxygen atoms in total. The van der Waals surface area contributed by atoms with E-state index in [1.165, 1.54) is 12.1 Å². The lowest BCUT2D eigenvalue weighted by Gasteiger charge is -2.38. The zero-order valence-corrected chi connectivity index (χ0v) is 12.5. The molecule has 20 heavy (non-hydrogen) atoms. The Labute approximate surface area is 123 Å². The van der Waals surface area contributed by atoms with Gasteiger partial charge in [-0.1, -0.05) is 18.5 Å². The minimum Gasteiger partial charge on any atom is -0.348 e. The number of nitrogens with zero attached hydrogens (tertiary/aromatic N) is 4. The van der Waals surface area contributed by atoms with E-state index < -0.39 is 4.92 Å². The van der Waals surface area contributed by atoms with Gasteiger partial charge in [-0.05, 0) is 19.4 Å². The van der Waals surface area contributed by atoms with Gasteiger partial charge in [-0.25, -0.2) is 4.98 Å². The molecule has 110 valence electrons. The van der Waals surface area contributed by atoms with Crippen molar-refractivity contribution in [3.8, 4) is 0 Å². The van der Waals surface area contributed by atoms with Crippen molar-refractivity contribution in [3.63, 3.8) is 0 Å². The minimum atomic E-state index is -0.403. The zero-order valence-electron chi connectivity index (χ0n) is 11.8. The fourth-order valence-electron chi connectivity index (χ4n) is 2.43. The average molecular weight is 299 g/mol. The third-order valence-corrected chi connectivity index (χ3v) is 4.06. The Hall–Kier alpha value is -1.40. The van der Waals surface area contributed by atoms with Gasteiger partial charge in [0, 0.05) is 38.3 Å². The number of nitro groups is 1. The van der Waals surface area contributed by atoms with Crippen molar-refractivity contribution in [2.24, 2.45) is 0 Å². The number of rotatable bonds is 4. The molecule has 1 aromatic rings. The van der Waals surface area contributed by atoms with Gasteiger partial charge < -0.3 is 4.90 Å². The van der Waals surface area contributed by atoms with Crippen LogP contribution in [-0.4, -0.2) is 47.0 Å². The highest BCUT2D eigenvalue weighted by Crippen LogP contribution is 2.28. The first-order valence-corrected chi connectivity index (χ1v) is 7.20. The van der Waals surface area contributed by atoms with Crippen LogP contribution in [0.25, 0.3) is 0 Å². The standard InChI is InChI=1S/C13H19ClN4O2/c1-3-10(2)16-6-8-17(9-7-16)13-11(18(19)20)4-5-12(14)15-13/h4-5,10H,3,6-9H2,1-2H3. The average Bonchev–Trinajstić information content (AvgIpc) is 2.46. The van der Waals surface area contributed by atoms with Crippen LogP contribution in [0.4, 0.5) is 11.5 Å². The minimum absolute atomic E-state index is 0.0198. The second kappa shape index (κ2) is 6.37. The van der Waals surface area contributed by atoms with Crippen LogP contribution in [0.15, 0.2) is 12.1 Å². The highest BCUT2D eigenvalue weighted by atomic mass is 35.5. The quantitative estimate of drug-likeness (QED) is 0.486. The Morgan fingerprint density at radius 3 is 2.60 bits per heavy atom. The van der Waals surface area contributed by atoms with Crippen molar-refractivity contribution in [3.05, 3.63) is 27.4 Å². The Morgan fingerprint density at radius 2 is 2.05 bits per heavy atom. The Bertz CT molecular complexity index is 489. The lowest BCUT2D eigenvalue weighted by molar-refractivity contribution is -0.384. The first-order chi connectivity index (χ1) is 9.52. The maximum atomic E-state index is 11.1. The molecule has 1 unspecified atom stereocenters. The molecule has 1 atom stereocenters. The second-order valence-electron chi connectivity index (χ2n) is 5.01. The molecule has 1 aliphatic rings. The summed E-state index contributed by atoms with van der Waals surface area (Å²) in [6.07, 6.45) is 1.11. The van der Waals surface area contributed by atoms with Gasteiger partial charge in [0.2, 0.25) is 5.82 Å². The number of anilines is 1. The van der Waals surface area contributed by atoms with Crippen molar-refractivity contribution in [1.82, 2.24) is 9.88 Å². The molecule has 7 heteroatoms. The molecule has 0 aromatic carbocycles. The predicted molar refractivity (Wildman–Crippen MR) is 79.4 cm³/mol. The van der Waals surface area contributed by atoms with Crippen LogP contribution in [0.1, 0.15) is 20.3 Å². The van der Waals surface area contributed by atoms with E-state index >= 15 is 0 Å². The summed E-state index contributed by atoms with van der Waals surface area (Å²) in [7, 11) is 0. The molecular weight excluding hydrogens is 280 g/mol. The third-order valence-electron chi connectivity index (χ3n) is 3.85. The van der Waals surface area contributed by atoms with E-state index in [4.69, 9.17) is 11.6 Å². The molecule has 0 spiro atoms. The number of piperazine rings is 1. The summed E-state index contributed by atoms with van der Waals surface area (Å²) in [5, 5.41) is 11.4. The largest absolute Gasteiger partial charge is 0.348 e. The smallest absolute Gasteiger partial charge is 0.311 e. The van der Waals surface area contributed by atoms with E-state index in [0.717, 1.165) is 32.6 Å². The van der Waals surface area contributed by atoms with Gasteiger partial charge in [0.15, 0.2) is 0 Å². The number of halogens is 1. The molecule has 1 aromatic heterocycles. The number of hydrogen-bond acceptors (Lipinski definition) is 5. The normalized spacial score (nSPS) is 18.1. The van der Waals surface area contributed by atoms with Crippen molar-refractivity contribution >= 4 is 23.1 Å². The molecule has 0 amide bonds. The number of pyridine rings is 1. The lowest BCUT2D eigenvalue weighted by atomic mass is 10.2. The highest BCUT2D eigenvalue weighted by molar-refractivity contribution is 6.29. The van der Waals surface area contributed by atoms with Crippen LogP contribution in [-0.2, 0) is 0 Å². The Morgan fingerprint density at radius 1 is 1.40 bits per heavy atom. The number of aromatic nitrogens is 1. The van der Waals surface area contributed by atoms with Crippen LogP contribution in [0.2, 0.25) is 5.15 Å². The summed E-state index contributed by atoms with van der Waals surface area (Å²) in [5.41, 5.74) is 0.0198. The van der Waals surface area contributed by atoms with Crippen LogP contribution >= 0.6 is 11.6 Å². The third kappa shape index (κ3) is 3.19. The topological polar surface area (TPSA) is 62.5 Å². The molecule has 1 saturated heterocycles. The van der Waals surface area contributed by atoms with Gasteiger partial charge >= 0.3 is 5.69 Å². The van der Waals surface area contributed by atoms with Gasteiger partial charge in [-0.2, -0.15) is 0 Å². The molecule has 0 aliphatic carbocycles. The summed E-state index contributed by atoms with van der Waals surface area (Å²) in [5.74, 6) is 0.381. The first-order valence-electron chi connectivity index (χ1n) is 6.83. The molecule has 0 saturated carbocycles. The van der Waals surface area contributed by atoms with Crippen molar-refractivity contribution in [1.29, 1.82) is 0 Å². The fourth-order valence-corrected chi connectivity index (χ4v) is 2.57. The van der Waals surface area contributed by atoms with E-state index in [9.17, 15) is 10.1 Å². The molecular formula is C13H19ClN4O2. The monoisotopic (exact) mass is 298 g/mol. The Kier molecular flexibility index (Phi) is 4.77. The van der Waals surface area contributed by atoms with Crippen LogP contribution in [0, 0.1) is 10.1 Å². The van der Waals surface area contributed by atoms with Crippen LogP contribution in [0.5, 0.6) is 0 Å². The molecule has 2 rings (SSSR count). The molecule has 2 heterocycles. The molecule has 1 aliphatic heterocycles. The molecule has 1 fully saturated rings. The van der Waals surface area contributed by atoms with E-state index in [1.807, 2.05) is 4.90 Å². The summed E-state index contributed by atoms with van der Waals surface area (Å²) in [6, 6.07) is 3.42. The summed E-state index contributed by atoms with van der Waals surface area (Å²) in [6.45, 7) is 7.62. The summed E-state index contributed by atoms with van der Waals surface area (Å²) >= 11 is 5.87. The predicted octanol–water partition coefficient (Wildman–Crippen LogP) is 2.56. The number of hydrogen-bond donors (Lipinski definition) is 0. The molecule has 0 N–H and O–H groups in total. The Balaban J connectivity index is 2.14. The first kappa shape index (κ1) is 15.0. The van der Waals surface area contributed by atoms with E-state index in [0.29, 0.717) is 11.9 Å². The molecule has 0 radical (unpaired) electrons. The fraction of sp³-hybridized carbons (Fsp3) is 0.615. The maximum absolute atomic E-state index is 11.1. The molecule has 0 bridgehead atoms. The van der Waals surface area contributed by atoms with E-state index in [-0.39, 0.29) is 10.8 Å². The van der Waals surface area contributed by atoms with Gasteiger partial charge in [-0.15, -0.1) is 0 Å². The van der Waals surface area contributed by atoms with Crippen LogP contribution < -0.4 is 4.90 Å². The van der Waals surface area contributed by atoms with Gasteiger partial charge in [0.05, 0.1) is 4.92 Å². The van der Waals surface area contributed by atoms with E-state index in [2.05, 4.69) is 23.7 Å².